The van der Waals surface area contributed by atoms with Crippen LogP contribution in [0.5, 0.6) is 5.75 Å². The number of benzene rings is 1. The van der Waals surface area contributed by atoms with Crippen molar-refractivity contribution in [3.8, 4) is 5.75 Å². The van der Waals surface area contributed by atoms with Crippen LogP contribution >= 0.6 is 15.9 Å². The van der Waals surface area contributed by atoms with E-state index in [1.54, 1.807) is 37.3 Å². The van der Waals surface area contributed by atoms with Crippen molar-refractivity contribution in [2.75, 3.05) is 6.61 Å². The number of carbonyl (C=O) groups excluding carboxylic acids is 2. The summed E-state index contributed by atoms with van der Waals surface area (Å²) in [7, 11) is 0. The van der Waals surface area contributed by atoms with Crippen molar-refractivity contribution in [1.29, 1.82) is 0 Å². The molecule has 120 valence electrons. The number of halogens is 1. The molecule has 1 heterocycles. The maximum atomic E-state index is 11.8. The molecule has 0 saturated carbocycles. The van der Waals surface area contributed by atoms with E-state index < -0.39 is 11.8 Å². The van der Waals surface area contributed by atoms with Gasteiger partial charge in [0, 0.05) is 0 Å². The number of hydrogen-bond donors (Lipinski definition) is 2. The van der Waals surface area contributed by atoms with E-state index >= 15 is 0 Å². The van der Waals surface area contributed by atoms with Gasteiger partial charge in [0.1, 0.15) is 5.75 Å². The summed E-state index contributed by atoms with van der Waals surface area (Å²) in [6.07, 6.45) is 0. The lowest BCUT2D eigenvalue weighted by atomic mass is 10.1. The van der Waals surface area contributed by atoms with Crippen LogP contribution in [0.25, 0.3) is 0 Å². The molecule has 1 aromatic carbocycles. The zero-order valence-corrected chi connectivity index (χ0v) is 13.8. The number of furan rings is 1. The zero-order valence-electron chi connectivity index (χ0n) is 12.2. The summed E-state index contributed by atoms with van der Waals surface area (Å²) in [5.74, 6) is -0.316. The van der Waals surface area contributed by atoms with Gasteiger partial charge in [-0.15, -0.1) is 0 Å². The van der Waals surface area contributed by atoms with Crippen LogP contribution in [0.3, 0.4) is 0 Å². The lowest BCUT2D eigenvalue weighted by molar-refractivity contribution is -0.119. The summed E-state index contributed by atoms with van der Waals surface area (Å²) in [5.41, 5.74) is 8.80. The molecule has 0 atom stereocenters. The van der Waals surface area contributed by atoms with Crippen LogP contribution in [0, 0.1) is 0 Å². The van der Waals surface area contributed by atoms with Gasteiger partial charge in [-0.25, -0.2) is 5.43 Å². The normalized spacial score (nSPS) is 11.1. The van der Waals surface area contributed by atoms with Gasteiger partial charge in [0.05, 0.1) is 5.71 Å². The minimum atomic E-state index is -0.543. The van der Waals surface area contributed by atoms with E-state index in [0.29, 0.717) is 16.1 Å². The molecule has 0 saturated heterocycles. The molecule has 23 heavy (non-hydrogen) atoms. The van der Waals surface area contributed by atoms with Gasteiger partial charge in [0.2, 0.25) is 0 Å². The number of nitrogens with one attached hydrogen (secondary N) is 1. The molecule has 0 aliphatic carbocycles. The van der Waals surface area contributed by atoms with Crippen LogP contribution in [-0.4, -0.2) is 24.1 Å². The fourth-order valence-corrected chi connectivity index (χ4v) is 1.94. The van der Waals surface area contributed by atoms with Crippen molar-refractivity contribution >= 4 is 33.5 Å². The summed E-state index contributed by atoms with van der Waals surface area (Å²) < 4.78 is 10.8. The molecule has 3 N–H and O–H groups in total. The second-order valence-electron chi connectivity index (χ2n) is 4.52. The Hall–Kier alpha value is -2.61. The van der Waals surface area contributed by atoms with Gasteiger partial charge >= 0.3 is 5.91 Å². The van der Waals surface area contributed by atoms with Gasteiger partial charge < -0.3 is 14.9 Å². The Labute approximate surface area is 140 Å². The largest absolute Gasteiger partial charge is 0.484 e. The van der Waals surface area contributed by atoms with Crippen molar-refractivity contribution in [3.63, 3.8) is 0 Å². The fourth-order valence-electron chi connectivity index (χ4n) is 1.64. The van der Waals surface area contributed by atoms with Gasteiger partial charge in [0.25, 0.3) is 5.91 Å². The first kappa shape index (κ1) is 16.8. The average molecular weight is 380 g/mol. The molecule has 2 amide bonds. The summed E-state index contributed by atoms with van der Waals surface area (Å²) in [6, 6.07) is 10.0. The standard InChI is InChI=1S/C15H14BrN3O4/c1-9(18-19-15(21)12-6-7-13(16)23-12)10-2-4-11(5-3-10)22-8-14(17)20/h2-7H,8H2,1H3,(H2,17,20)(H,19,21). The lowest BCUT2D eigenvalue weighted by Gasteiger charge is -2.05. The zero-order chi connectivity index (χ0) is 16.8. The molecular weight excluding hydrogens is 366 g/mol. The Kier molecular flexibility index (Phi) is 5.53. The van der Waals surface area contributed by atoms with E-state index in [1.165, 1.54) is 6.07 Å². The molecule has 2 rings (SSSR count). The third-order valence-electron chi connectivity index (χ3n) is 2.78. The Morgan fingerprint density at radius 1 is 1.26 bits per heavy atom. The van der Waals surface area contributed by atoms with E-state index in [2.05, 4.69) is 26.5 Å². The molecular formula is C15H14BrN3O4. The van der Waals surface area contributed by atoms with Crippen LogP contribution in [0.2, 0.25) is 0 Å². The van der Waals surface area contributed by atoms with Crippen molar-refractivity contribution in [1.82, 2.24) is 5.43 Å². The quantitative estimate of drug-likeness (QED) is 0.591. The second-order valence-corrected chi connectivity index (χ2v) is 5.30. The highest BCUT2D eigenvalue weighted by molar-refractivity contribution is 9.10. The fraction of sp³-hybridized carbons (Fsp3) is 0.133. The summed E-state index contributed by atoms with van der Waals surface area (Å²) in [6.45, 7) is 1.57. The van der Waals surface area contributed by atoms with E-state index in [0.717, 1.165) is 5.56 Å². The summed E-state index contributed by atoms with van der Waals surface area (Å²) in [5, 5.41) is 4.01. The number of nitrogens with zero attached hydrogens (tertiary/aromatic N) is 1. The molecule has 0 aliphatic heterocycles. The smallest absolute Gasteiger partial charge is 0.307 e. The second kappa shape index (κ2) is 7.59. The summed E-state index contributed by atoms with van der Waals surface area (Å²) in [4.78, 5) is 22.4. The Bertz CT molecular complexity index is 737. The topological polar surface area (TPSA) is 107 Å². The number of hydrogen-bond acceptors (Lipinski definition) is 5. The van der Waals surface area contributed by atoms with Crippen molar-refractivity contribution in [2.24, 2.45) is 10.8 Å². The average Bonchev–Trinajstić information content (AvgIpc) is 2.97. The first-order chi connectivity index (χ1) is 11.0. The molecule has 7 nitrogen and oxygen atoms in total. The molecule has 1 aromatic heterocycles. The predicted octanol–water partition coefficient (Wildman–Crippen LogP) is 2.06. The monoisotopic (exact) mass is 379 g/mol. The maximum absolute atomic E-state index is 11.8. The van der Waals surface area contributed by atoms with Crippen molar-refractivity contribution in [2.45, 2.75) is 6.92 Å². The molecule has 0 radical (unpaired) electrons. The minimum Gasteiger partial charge on any atom is -0.484 e. The van der Waals surface area contributed by atoms with Crippen LogP contribution < -0.4 is 15.9 Å². The molecule has 0 bridgehead atoms. The van der Waals surface area contributed by atoms with Crippen LogP contribution in [0.15, 0.2) is 50.6 Å². The highest BCUT2D eigenvalue weighted by Gasteiger charge is 2.09. The lowest BCUT2D eigenvalue weighted by Crippen LogP contribution is -2.20. The highest BCUT2D eigenvalue weighted by Crippen LogP contribution is 2.14. The number of ether oxygens (including phenoxy) is 1. The van der Waals surface area contributed by atoms with Gasteiger partial charge in [-0.05, 0) is 64.8 Å². The number of hydrazone groups is 1. The summed E-state index contributed by atoms with van der Waals surface area (Å²) >= 11 is 3.12. The molecule has 0 aliphatic rings. The molecule has 2 aromatic rings. The van der Waals surface area contributed by atoms with E-state index in [1.807, 2.05) is 0 Å². The van der Waals surface area contributed by atoms with Crippen LogP contribution in [0.1, 0.15) is 23.0 Å². The van der Waals surface area contributed by atoms with Crippen LogP contribution in [-0.2, 0) is 4.79 Å². The van der Waals surface area contributed by atoms with Gasteiger partial charge in [-0.1, -0.05) is 0 Å². The van der Waals surface area contributed by atoms with E-state index in [9.17, 15) is 9.59 Å². The third kappa shape index (κ3) is 4.96. The van der Waals surface area contributed by atoms with Gasteiger partial charge in [-0.3, -0.25) is 9.59 Å². The molecule has 0 unspecified atom stereocenters. The maximum Gasteiger partial charge on any atom is 0.307 e. The Morgan fingerprint density at radius 3 is 2.52 bits per heavy atom. The van der Waals surface area contributed by atoms with Gasteiger partial charge in [0.15, 0.2) is 17.0 Å². The molecule has 8 heteroatoms. The van der Waals surface area contributed by atoms with E-state index in [4.69, 9.17) is 14.9 Å². The Balaban J connectivity index is 1.97. The predicted molar refractivity (Wildman–Crippen MR) is 87.2 cm³/mol. The molecule has 0 fully saturated rings. The molecule has 0 spiro atoms. The van der Waals surface area contributed by atoms with Crippen LogP contribution in [0.4, 0.5) is 0 Å². The van der Waals surface area contributed by atoms with E-state index in [-0.39, 0.29) is 12.4 Å². The SMILES string of the molecule is CC(=NNC(=O)c1ccc(Br)o1)c1ccc(OCC(N)=O)cc1. The Morgan fingerprint density at radius 2 is 1.96 bits per heavy atom. The highest BCUT2D eigenvalue weighted by atomic mass is 79.9. The van der Waals surface area contributed by atoms with Crippen molar-refractivity contribution in [3.05, 3.63) is 52.4 Å². The number of nitrogens with two attached hydrogens (primary N) is 1. The number of rotatable bonds is 6. The number of amides is 2. The first-order valence-corrected chi connectivity index (χ1v) is 7.36. The minimum absolute atomic E-state index is 0.156. The number of carbonyl (C=O) groups is 2. The first-order valence-electron chi connectivity index (χ1n) is 6.57. The third-order valence-corrected chi connectivity index (χ3v) is 3.20. The van der Waals surface area contributed by atoms with Gasteiger partial charge in [-0.2, -0.15) is 5.10 Å². The van der Waals surface area contributed by atoms with Crippen molar-refractivity contribution < 1.29 is 18.7 Å². The number of primary amides is 1.